The van der Waals surface area contributed by atoms with E-state index in [2.05, 4.69) is 0 Å². The molecule has 2 rings (SSSR count). The average Bonchev–Trinajstić information content (AvgIpc) is 2.76. The van der Waals surface area contributed by atoms with Gasteiger partial charge in [0.2, 0.25) is 0 Å². The highest BCUT2D eigenvalue weighted by Crippen LogP contribution is 2.38. The van der Waals surface area contributed by atoms with Gasteiger partial charge in [0, 0.05) is 18.8 Å². The van der Waals surface area contributed by atoms with Crippen LogP contribution in [0.4, 0.5) is 18.9 Å². The highest BCUT2D eigenvalue weighted by Gasteiger charge is 2.37. The number of halogens is 3. The van der Waals surface area contributed by atoms with E-state index in [1.54, 1.807) is 0 Å². The van der Waals surface area contributed by atoms with E-state index in [0.717, 1.165) is 6.07 Å². The number of alkyl halides is 3. The molecule has 1 aromatic carbocycles. The van der Waals surface area contributed by atoms with E-state index in [4.69, 9.17) is 5.11 Å². The van der Waals surface area contributed by atoms with Gasteiger partial charge in [0.15, 0.2) is 9.84 Å². The molecule has 0 spiro atoms. The molecule has 4 nitrogen and oxygen atoms in total. The normalized spacial score (nSPS) is 21.5. The molecule has 1 atom stereocenters. The first-order valence-corrected chi connectivity index (χ1v) is 8.20. The van der Waals surface area contributed by atoms with Gasteiger partial charge in [0.05, 0.1) is 23.7 Å². The van der Waals surface area contributed by atoms with Crippen LogP contribution in [0.1, 0.15) is 17.5 Å². The molecule has 0 radical (unpaired) electrons. The maximum absolute atomic E-state index is 13.1. The van der Waals surface area contributed by atoms with E-state index in [0.29, 0.717) is 6.42 Å². The summed E-state index contributed by atoms with van der Waals surface area (Å²) in [7, 11) is -1.71. The minimum absolute atomic E-state index is 0.00190. The number of hydrogen-bond acceptors (Lipinski definition) is 4. The van der Waals surface area contributed by atoms with Crippen LogP contribution in [0.3, 0.4) is 0 Å². The second-order valence-corrected chi connectivity index (χ2v) is 7.40. The van der Waals surface area contributed by atoms with Gasteiger partial charge in [-0.05, 0) is 24.1 Å². The summed E-state index contributed by atoms with van der Waals surface area (Å²) >= 11 is 0. The molecule has 0 aliphatic carbocycles. The number of nitrogens with zero attached hydrogens (tertiary/aromatic N) is 1. The molecule has 118 valence electrons. The predicted octanol–water partition coefficient (Wildman–Crippen LogP) is 1.82. The molecule has 1 fully saturated rings. The fourth-order valence-corrected chi connectivity index (χ4v) is 4.27. The van der Waals surface area contributed by atoms with Crippen molar-refractivity contribution in [3.05, 3.63) is 29.3 Å². The minimum atomic E-state index is -4.56. The molecule has 1 saturated heterocycles. The third-order valence-corrected chi connectivity index (χ3v) is 5.44. The maximum Gasteiger partial charge on any atom is 0.418 e. The number of aliphatic hydroxyl groups excluding tert-OH is 1. The molecule has 1 aliphatic heterocycles. The Morgan fingerprint density at radius 2 is 2.05 bits per heavy atom. The largest absolute Gasteiger partial charge is 0.418 e. The first-order chi connectivity index (χ1) is 9.64. The van der Waals surface area contributed by atoms with Crippen LogP contribution in [0.15, 0.2) is 18.2 Å². The third-order valence-electron chi connectivity index (χ3n) is 3.69. The molecule has 1 aromatic rings. The second kappa shape index (κ2) is 5.49. The van der Waals surface area contributed by atoms with Crippen molar-refractivity contribution >= 4 is 15.5 Å². The number of anilines is 1. The maximum atomic E-state index is 13.1. The summed E-state index contributed by atoms with van der Waals surface area (Å²) in [5.74, 6) is -0.138. The van der Waals surface area contributed by atoms with Crippen LogP contribution in [0.2, 0.25) is 0 Å². The number of aliphatic hydroxyl groups is 1. The van der Waals surface area contributed by atoms with Crippen LogP contribution in [0.25, 0.3) is 0 Å². The number of sulfone groups is 1. The summed E-state index contributed by atoms with van der Waals surface area (Å²) < 4.78 is 62.4. The summed E-state index contributed by atoms with van der Waals surface area (Å²) in [4.78, 5) is 1.37. The van der Waals surface area contributed by atoms with Crippen LogP contribution in [0, 0.1) is 0 Å². The summed E-state index contributed by atoms with van der Waals surface area (Å²) in [6, 6.07) is 3.12. The SMILES string of the molecule is CN(c1ccc(CO)cc1C(F)(F)F)C1CCS(=O)(=O)C1. The first-order valence-electron chi connectivity index (χ1n) is 6.38. The summed E-state index contributed by atoms with van der Waals surface area (Å²) in [5, 5.41) is 8.98. The second-order valence-electron chi connectivity index (χ2n) is 5.18. The third kappa shape index (κ3) is 3.49. The fourth-order valence-electron chi connectivity index (χ4n) is 2.49. The molecule has 21 heavy (non-hydrogen) atoms. The Morgan fingerprint density at radius 1 is 1.38 bits per heavy atom. The molecule has 0 bridgehead atoms. The number of benzene rings is 1. The van der Waals surface area contributed by atoms with Gasteiger partial charge in [-0.25, -0.2) is 8.42 Å². The van der Waals surface area contributed by atoms with E-state index in [-0.39, 0.29) is 22.8 Å². The lowest BCUT2D eigenvalue weighted by Gasteiger charge is -2.28. The highest BCUT2D eigenvalue weighted by atomic mass is 32.2. The van der Waals surface area contributed by atoms with Crippen molar-refractivity contribution in [3.8, 4) is 0 Å². The molecule has 0 saturated carbocycles. The molecule has 1 N–H and O–H groups in total. The Morgan fingerprint density at radius 3 is 2.52 bits per heavy atom. The van der Waals surface area contributed by atoms with Crippen LogP contribution in [-0.4, -0.2) is 38.1 Å². The fraction of sp³-hybridized carbons (Fsp3) is 0.538. The average molecular weight is 323 g/mol. The van der Waals surface area contributed by atoms with Crippen molar-refractivity contribution in [1.29, 1.82) is 0 Å². The van der Waals surface area contributed by atoms with Crippen molar-refractivity contribution in [2.45, 2.75) is 25.2 Å². The van der Waals surface area contributed by atoms with Gasteiger partial charge in [-0.1, -0.05) is 6.07 Å². The van der Waals surface area contributed by atoms with E-state index in [9.17, 15) is 21.6 Å². The summed E-state index contributed by atoms with van der Waals surface area (Å²) in [6.45, 7) is -0.481. The predicted molar refractivity (Wildman–Crippen MR) is 72.8 cm³/mol. The van der Waals surface area contributed by atoms with E-state index < -0.39 is 34.2 Å². The molecular formula is C13H16F3NO3S. The van der Waals surface area contributed by atoms with Crippen molar-refractivity contribution in [2.75, 3.05) is 23.5 Å². The number of hydrogen-bond donors (Lipinski definition) is 1. The molecule has 0 aromatic heterocycles. The molecule has 1 aliphatic rings. The highest BCUT2D eigenvalue weighted by molar-refractivity contribution is 7.91. The van der Waals surface area contributed by atoms with Crippen LogP contribution < -0.4 is 4.90 Å². The van der Waals surface area contributed by atoms with Crippen LogP contribution >= 0.6 is 0 Å². The summed E-state index contributed by atoms with van der Waals surface area (Å²) in [6.07, 6.45) is -4.25. The van der Waals surface area contributed by atoms with Gasteiger partial charge in [-0.15, -0.1) is 0 Å². The topological polar surface area (TPSA) is 57.6 Å². The van der Waals surface area contributed by atoms with E-state index in [1.165, 1.54) is 24.1 Å². The summed E-state index contributed by atoms with van der Waals surface area (Å²) in [5.41, 5.74) is -0.763. The smallest absolute Gasteiger partial charge is 0.392 e. The standard InChI is InChI=1S/C13H16F3NO3S/c1-17(10-4-5-21(19,20)8-10)12-3-2-9(7-18)6-11(12)13(14,15)16/h2-3,6,10,18H,4-5,7-8H2,1H3. The Kier molecular flexibility index (Phi) is 4.21. The van der Waals surface area contributed by atoms with Crippen LogP contribution in [-0.2, 0) is 22.6 Å². The van der Waals surface area contributed by atoms with Crippen molar-refractivity contribution < 1.29 is 26.7 Å². The van der Waals surface area contributed by atoms with E-state index >= 15 is 0 Å². The van der Waals surface area contributed by atoms with Crippen molar-refractivity contribution in [1.82, 2.24) is 0 Å². The zero-order valence-electron chi connectivity index (χ0n) is 11.4. The Balaban J connectivity index is 2.39. The molecule has 1 heterocycles. The lowest BCUT2D eigenvalue weighted by Crippen LogP contribution is -2.34. The zero-order chi connectivity index (χ0) is 15.8. The van der Waals surface area contributed by atoms with Crippen molar-refractivity contribution in [2.24, 2.45) is 0 Å². The van der Waals surface area contributed by atoms with Gasteiger partial charge < -0.3 is 10.0 Å². The van der Waals surface area contributed by atoms with Crippen molar-refractivity contribution in [3.63, 3.8) is 0 Å². The lowest BCUT2D eigenvalue weighted by molar-refractivity contribution is -0.137. The number of rotatable bonds is 3. The van der Waals surface area contributed by atoms with Gasteiger partial charge in [0.1, 0.15) is 0 Å². The molecular weight excluding hydrogens is 307 g/mol. The lowest BCUT2D eigenvalue weighted by atomic mass is 10.1. The molecule has 1 unspecified atom stereocenters. The molecule has 0 amide bonds. The van der Waals surface area contributed by atoms with Gasteiger partial charge in [-0.2, -0.15) is 13.2 Å². The van der Waals surface area contributed by atoms with Gasteiger partial charge in [-0.3, -0.25) is 0 Å². The quantitative estimate of drug-likeness (QED) is 0.922. The minimum Gasteiger partial charge on any atom is -0.392 e. The van der Waals surface area contributed by atoms with E-state index in [1.807, 2.05) is 0 Å². The van der Waals surface area contributed by atoms with Gasteiger partial charge >= 0.3 is 6.18 Å². The van der Waals surface area contributed by atoms with Gasteiger partial charge in [0.25, 0.3) is 0 Å². The molecule has 8 heteroatoms. The first kappa shape index (κ1) is 16.1. The monoisotopic (exact) mass is 323 g/mol. The van der Waals surface area contributed by atoms with Crippen LogP contribution in [0.5, 0.6) is 0 Å². The zero-order valence-corrected chi connectivity index (χ0v) is 12.2. The Hall–Kier alpha value is -1.28. The Bertz CT molecular complexity index is 628. The Labute approximate surface area is 121 Å².